The van der Waals surface area contributed by atoms with Crippen LogP contribution < -0.4 is 10.5 Å². The number of methoxy groups -OCH3 is 1. The second-order valence-electron chi connectivity index (χ2n) is 3.99. The minimum Gasteiger partial charge on any atom is -0.497 e. The molecule has 0 amide bonds. The van der Waals surface area contributed by atoms with E-state index >= 15 is 0 Å². The standard InChI is InChI=1S/C14H12FNO3/c1-19-11-2-3-13(15)12(7-11)8-4-9(14(17)18)6-10(16)5-8/h2-7H,16H2,1H3,(H,17,18). The van der Waals surface area contributed by atoms with Gasteiger partial charge in [-0.25, -0.2) is 9.18 Å². The summed E-state index contributed by atoms with van der Waals surface area (Å²) in [5.41, 5.74) is 6.55. The van der Waals surface area contributed by atoms with Gasteiger partial charge in [0.2, 0.25) is 0 Å². The number of anilines is 1. The summed E-state index contributed by atoms with van der Waals surface area (Å²) in [5.74, 6) is -1.10. The molecule has 5 heteroatoms. The Balaban J connectivity index is 2.61. The van der Waals surface area contributed by atoms with Crippen molar-refractivity contribution < 1.29 is 19.0 Å². The molecule has 3 N–H and O–H groups in total. The third-order valence-electron chi connectivity index (χ3n) is 2.69. The lowest BCUT2D eigenvalue weighted by Crippen LogP contribution is -1.99. The zero-order chi connectivity index (χ0) is 14.0. The van der Waals surface area contributed by atoms with Crippen LogP contribution in [-0.2, 0) is 0 Å². The Labute approximate surface area is 109 Å². The number of nitrogens with two attached hydrogens (primary N) is 1. The van der Waals surface area contributed by atoms with Gasteiger partial charge in [-0.15, -0.1) is 0 Å². The first-order chi connectivity index (χ1) is 9.01. The molecule has 0 aliphatic heterocycles. The van der Waals surface area contributed by atoms with E-state index in [4.69, 9.17) is 15.6 Å². The smallest absolute Gasteiger partial charge is 0.335 e. The quantitative estimate of drug-likeness (QED) is 0.833. The van der Waals surface area contributed by atoms with Gasteiger partial charge in [0.25, 0.3) is 0 Å². The molecule has 0 radical (unpaired) electrons. The summed E-state index contributed by atoms with van der Waals surface area (Å²) in [6, 6.07) is 8.46. The number of benzene rings is 2. The van der Waals surface area contributed by atoms with Gasteiger partial charge < -0.3 is 15.6 Å². The fourth-order valence-corrected chi connectivity index (χ4v) is 1.78. The summed E-state index contributed by atoms with van der Waals surface area (Å²) < 4.78 is 18.8. The van der Waals surface area contributed by atoms with Crippen molar-refractivity contribution in [3.05, 3.63) is 47.8 Å². The van der Waals surface area contributed by atoms with Gasteiger partial charge in [0.15, 0.2) is 0 Å². The molecule has 0 aliphatic rings. The molecule has 0 unspecified atom stereocenters. The normalized spacial score (nSPS) is 10.2. The zero-order valence-corrected chi connectivity index (χ0v) is 10.2. The molecule has 0 fully saturated rings. The molecule has 0 atom stereocenters. The van der Waals surface area contributed by atoms with Gasteiger partial charge in [0.1, 0.15) is 11.6 Å². The van der Waals surface area contributed by atoms with Gasteiger partial charge in [0.05, 0.1) is 12.7 Å². The minimum atomic E-state index is -1.11. The summed E-state index contributed by atoms with van der Waals surface area (Å²) in [4.78, 5) is 11.0. The van der Waals surface area contributed by atoms with Crippen LogP contribution in [0.5, 0.6) is 5.75 Å². The average molecular weight is 261 g/mol. The molecule has 0 aliphatic carbocycles. The highest BCUT2D eigenvalue weighted by atomic mass is 19.1. The third kappa shape index (κ3) is 2.65. The summed E-state index contributed by atoms with van der Waals surface area (Å²) in [6.07, 6.45) is 0. The number of rotatable bonds is 3. The molecular weight excluding hydrogens is 249 g/mol. The number of carboxylic acid groups (broad SMARTS) is 1. The van der Waals surface area contributed by atoms with Crippen LogP contribution >= 0.6 is 0 Å². The first kappa shape index (κ1) is 12.9. The highest BCUT2D eigenvalue weighted by Crippen LogP contribution is 2.29. The molecule has 2 aromatic carbocycles. The van der Waals surface area contributed by atoms with Gasteiger partial charge in [-0.1, -0.05) is 0 Å². The number of carboxylic acids is 1. The molecule has 19 heavy (non-hydrogen) atoms. The number of hydrogen-bond donors (Lipinski definition) is 2. The van der Waals surface area contributed by atoms with Crippen LogP contribution in [0, 0.1) is 5.82 Å². The van der Waals surface area contributed by atoms with Crippen LogP contribution in [0.15, 0.2) is 36.4 Å². The lowest BCUT2D eigenvalue weighted by molar-refractivity contribution is 0.0697. The summed E-state index contributed by atoms with van der Waals surface area (Å²) >= 11 is 0. The first-order valence-corrected chi connectivity index (χ1v) is 5.49. The molecule has 0 bridgehead atoms. The van der Waals surface area contributed by atoms with E-state index in [0.717, 1.165) is 0 Å². The molecule has 0 heterocycles. The van der Waals surface area contributed by atoms with E-state index in [0.29, 0.717) is 11.3 Å². The van der Waals surface area contributed by atoms with Crippen LogP contribution in [0.25, 0.3) is 11.1 Å². The fraction of sp³-hybridized carbons (Fsp3) is 0.0714. The van der Waals surface area contributed by atoms with E-state index in [1.807, 2.05) is 0 Å². The van der Waals surface area contributed by atoms with Crippen molar-refractivity contribution in [1.82, 2.24) is 0 Å². The van der Waals surface area contributed by atoms with Gasteiger partial charge in [0, 0.05) is 11.3 Å². The first-order valence-electron chi connectivity index (χ1n) is 5.49. The van der Waals surface area contributed by atoms with Crippen LogP contribution in [0.2, 0.25) is 0 Å². The third-order valence-corrected chi connectivity index (χ3v) is 2.69. The Kier molecular flexibility index (Phi) is 3.37. The Morgan fingerprint density at radius 1 is 1.26 bits per heavy atom. The van der Waals surface area contributed by atoms with E-state index in [1.165, 1.54) is 43.5 Å². The predicted molar refractivity (Wildman–Crippen MR) is 69.8 cm³/mol. The molecule has 0 spiro atoms. The van der Waals surface area contributed by atoms with Crippen molar-refractivity contribution in [1.29, 1.82) is 0 Å². The van der Waals surface area contributed by atoms with E-state index in [2.05, 4.69) is 0 Å². The Morgan fingerprint density at radius 3 is 2.63 bits per heavy atom. The van der Waals surface area contributed by atoms with Gasteiger partial charge >= 0.3 is 5.97 Å². The molecule has 2 aromatic rings. The highest BCUT2D eigenvalue weighted by molar-refractivity contribution is 5.91. The predicted octanol–water partition coefficient (Wildman–Crippen LogP) is 2.78. The Hall–Kier alpha value is -2.56. The molecule has 98 valence electrons. The van der Waals surface area contributed by atoms with Crippen LogP contribution in [0.3, 0.4) is 0 Å². The van der Waals surface area contributed by atoms with Crippen molar-refractivity contribution >= 4 is 11.7 Å². The zero-order valence-electron chi connectivity index (χ0n) is 10.2. The molecule has 0 saturated heterocycles. The van der Waals surface area contributed by atoms with Crippen molar-refractivity contribution in [2.45, 2.75) is 0 Å². The summed E-state index contributed by atoms with van der Waals surface area (Å²) in [5, 5.41) is 8.98. The fourth-order valence-electron chi connectivity index (χ4n) is 1.78. The van der Waals surface area contributed by atoms with Crippen molar-refractivity contribution in [2.24, 2.45) is 0 Å². The largest absolute Gasteiger partial charge is 0.497 e. The van der Waals surface area contributed by atoms with Crippen molar-refractivity contribution in [3.8, 4) is 16.9 Å². The minimum absolute atomic E-state index is 0.0113. The maximum Gasteiger partial charge on any atom is 0.335 e. The van der Waals surface area contributed by atoms with Gasteiger partial charge in [-0.05, 0) is 42.0 Å². The number of aromatic carboxylic acids is 1. The van der Waals surface area contributed by atoms with Crippen LogP contribution in [0.1, 0.15) is 10.4 Å². The van der Waals surface area contributed by atoms with Crippen LogP contribution in [-0.4, -0.2) is 18.2 Å². The Morgan fingerprint density at radius 2 is 2.00 bits per heavy atom. The highest BCUT2D eigenvalue weighted by Gasteiger charge is 2.11. The lowest BCUT2D eigenvalue weighted by Gasteiger charge is -2.08. The SMILES string of the molecule is COc1ccc(F)c(-c2cc(N)cc(C(=O)O)c2)c1. The molecule has 4 nitrogen and oxygen atoms in total. The maximum absolute atomic E-state index is 13.8. The van der Waals surface area contributed by atoms with E-state index in [1.54, 1.807) is 0 Å². The molecule has 2 rings (SSSR count). The van der Waals surface area contributed by atoms with Crippen molar-refractivity contribution in [2.75, 3.05) is 12.8 Å². The van der Waals surface area contributed by atoms with E-state index in [9.17, 15) is 9.18 Å². The maximum atomic E-state index is 13.8. The van der Waals surface area contributed by atoms with E-state index < -0.39 is 11.8 Å². The number of halogens is 1. The summed E-state index contributed by atoms with van der Waals surface area (Å²) in [7, 11) is 1.47. The van der Waals surface area contributed by atoms with Gasteiger partial charge in [-0.3, -0.25) is 0 Å². The van der Waals surface area contributed by atoms with Crippen molar-refractivity contribution in [3.63, 3.8) is 0 Å². The second kappa shape index (κ2) is 4.97. The molecule has 0 saturated carbocycles. The molecular formula is C14H12FNO3. The number of carbonyl (C=O) groups is 1. The Bertz CT molecular complexity index is 641. The van der Waals surface area contributed by atoms with Crippen LogP contribution in [0.4, 0.5) is 10.1 Å². The monoisotopic (exact) mass is 261 g/mol. The lowest BCUT2D eigenvalue weighted by atomic mass is 10.0. The van der Waals surface area contributed by atoms with Gasteiger partial charge in [-0.2, -0.15) is 0 Å². The summed E-state index contributed by atoms with van der Waals surface area (Å²) in [6.45, 7) is 0. The average Bonchev–Trinajstić information content (AvgIpc) is 2.38. The number of hydrogen-bond acceptors (Lipinski definition) is 3. The molecule has 0 aromatic heterocycles. The topological polar surface area (TPSA) is 72.5 Å². The second-order valence-corrected chi connectivity index (χ2v) is 3.99. The van der Waals surface area contributed by atoms with E-state index in [-0.39, 0.29) is 16.8 Å². The number of nitrogen functional groups attached to an aromatic ring is 1. The number of ether oxygens (including phenoxy) is 1.